The first kappa shape index (κ1) is 17.8. The van der Waals surface area contributed by atoms with Crippen LogP contribution >= 0.6 is 24.0 Å². The summed E-state index contributed by atoms with van der Waals surface area (Å²) in [6.07, 6.45) is 4.06. The molecule has 0 atom stereocenters. The van der Waals surface area contributed by atoms with Gasteiger partial charge in [0.25, 0.3) is 0 Å². The Balaban J connectivity index is 0.00000220. The van der Waals surface area contributed by atoms with Gasteiger partial charge < -0.3 is 20.8 Å². The standard InChI is InChI=1S/C15H22N4O.HI/c1-20-10-9-18-15(16)17-8-4-5-12-11-19-14-7-3-2-6-13(12)14;/h2-3,6-7,11,19H,4-5,8-10H2,1H3,(H3,16,17,18);1H. The molecule has 0 radical (unpaired) electrons. The van der Waals surface area contributed by atoms with Crippen LogP contribution in [0.3, 0.4) is 0 Å². The molecule has 0 saturated heterocycles. The predicted molar refractivity (Wildman–Crippen MR) is 98.4 cm³/mol. The van der Waals surface area contributed by atoms with Crippen molar-refractivity contribution in [3.8, 4) is 0 Å². The number of hydrogen-bond donors (Lipinski definition) is 3. The fourth-order valence-electron chi connectivity index (χ4n) is 2.14. The van der Waals surface area contributed by atoms with Crippen LogP contribution < -0.4 is 11.1 Å². The highest BCUT2D eigenvalue weighted by atomic mass is 127. The van der Waals surface area contributed by atoms with E-state index in [9.17, 15) is 0 Å². The largest absolute Gasteiger partial charge is 0.383 e. The highest BCUT2D eigenvalue weighted by Gasteiger charge is 2.01. The molecule has 0 amide bonds. The Morgan fingerprint density at radius 2 is 2.19 bits per heavy atom. The lowest BCUT2D eigenvalue weighted by molar-refractivity contribution is 0.204. The van der Waals surface area contributed by atoms with Gasteiger partial charge in [0.05, 0.1) is 6.61 Å². The van der Waals surface area contributed by atoms with Gasteiger partial charge in [0.15, 0.2) is 5.96 Å². The van der Waals surface area contributed by atoms with E-state index in [0.717, 1.165) is 19.4 Å². The van der Waals surface area contributed by atoms with Crippen molar-refractivity contribution in [2.24, 2.45) is 10.7 Å². The molecule has 0 aliphatic carbocycles. The minimum Gasteiger partial charge on any atom is -0.383 e. The second kappa shape index (κ2) is 9.62. The Labute approximate surface area is 142 Å². The summed E-state index contributed by atoms with van der Waals surface area (Å²) in [6, 6.07) is 8.34. The van der Waals surface area contributed by atoms with E-state index in [1.807, 2.05) is 6.07 Å². The molecule has 0 aliphatic heterocycles. The molecule has 5 nitrogen and oxygen atoms in total. The smallest absolute Gasteiger partial charge is 0.188 e. The van der Waals surface area contributed by atoms with Gasteiger partial charge in [0, 0.05) is 37.3 Å². The van der Waals surface area contributed by atoms with Gasteiger partial charge in [0.2, 0.25) is 0 Å². The van der Waals surface area contributed by atoms with E-state index in [0.29, 0.717) is 19.1 Å². The molecule has 0 unspecified atom stereocenters. The van der Waals surface area contributed by atoms with Gasteiger partial charge in [-0.25, -0.2) is 0 Å². The second-order valence-corrected chi connectivity index (χ2v) is 4.65. The number of aryl methyl sites for hydroxylation is 1. The van der Waals surface area contributed by atoms with Crippen LogP contribution in [0, 0.1) is 0 Å². The summed E-state index contributed by atoms with van der Waals surface area (Å²) in [6.45, 7) is 2.05. The molecule has 116 valence electrons. The quantitative estimate of drug-likeness (QED) is 0.288. The van der Waals surface area contributed by atoms with Crippen LogP contribution in [0.1, 0.15) is 12.0 Å². The highest BCUT2D eigenvalue weighted by Crippen LogP contribution is 2.18. The number of H-pyrrole nitrogens is 1. The zero-order chi connectivity index (χ0) is 14.2. The molecule has 1 aromatic carbocycles. The average molecular weight is 402 g/mol. The molecule has 2 rings (SSSR count). The van der Waals surface area contributed by atoms with E-state index >= 15 is 0 Å². The van der Waals surface area contributed by atoms with Crippen LogP contribution in [0.2, 0.25) is 0 Å². The molecule has 2 aromatic rings. The van der Waals surface area contributed by atoms with Crippen LogP contribution in [0.15, 0.2) is 35.5 Å². The number of nitrogens with zero attached hydrogens (tertiary/aromatic N) is 1. The number of methoxy groups -OCH3 is 1. The van der Waals surface area contributed by atoms with Crippen molar-refractivity contribution < 1.29 is 4.74 Å². The molecular formula is C15H23IN4O. The van der Waals surface area contributed by atoms with Gasteiger partial charge in [-0.15, -0.1) is 24.0 Å². The van der Waals surface area contributed by atoms with Gasteiger partial charge in [-0.05, 0) is 24.5 Å². The van der Waals surface area contributed by atoms with Gasteiger partial charge in [-0.1, -0.05) is 18.2 Å². The number of halogens is 1. The molecule has 0 saturated carbocycles. The first-order valence-electron chi connectivity index (χ1n) is 6.89. The maximum atomic E-state index is 5.74. The van der Waals surface area contributed by atoms with Crippen LogP contribution in [0.4, 0.5) is 0 Å². The lowest BCUT2D eigenvalue weighted by atomic mass is 10.1. The van der Waals surface area contributed by atoms with E-state index < -0.39 is 0 Å². The predicted octanol–water partition coefficient (Wildman–Crippen LogP) is 2.27. The fourth-order valence-corrected chi connectivity index (χ4v) is 2.14. The maximum Gasteiger partial charge on any atom is 0.188 e. The lowest BCUT2D eigenvalue weighted by Gasteiger charge is -2.04. The zero-order valence-electron chi connectivity index (χ0n) is 12.3. The summed E-state index contributed by atoms with van der Waals surface area (Å²) in [4.78, 5) is 7.58. The van der Waals surface area contributed by atoms with Crippen molar-refractivity contribution in [3.63, 3.8) is 0 Å². The fraction of sp³-hybridized carbons (Fsp3) is 0.400. The number of guanidine groups is 1. The Morgan fingerprint density at radius 1 is 1.38 bits per heavy atom. The Kier molecular flexibility index (Phi) is 8.14. The number of aliphatic imine (C=N–C) groups is 1. The Bertz CT molecular complexity index is 568. The first-order chi connectivity index (χ1) is 9.81. The molecule has 1 aromatic heterocycles. The molecular weight excluding hydrogens is 379 g/mol. The number of para-hydroxylation sites is 1. The molecule has 0 spiro atoms. The van der Waals surface area contributed by atoms with E-state index in [1.54, 1.807) is 7.11 Å². The number of nitrogens with one attached hydrogen (secondary N) is 2. The summed E-state index contributed by atoms with van der Waals surface area (Å²) in [5.74, 6) is 0.487. The number of fused-ring (bicyclic) bond motifs is 1. The molecule has 0 fully saturated rings. The van der Waals surface area contributed by atoms with Crippen molar-refractivity contribution in [1.29, 1.82) is 0 Å². The number of ether oxygens (including phenoxy) is 1. The minimum absolute atomic E-state index is 0. The highest BCUT2D eigenvalue weighted by molar-refractivity contribution is 14.0. The number of rotatable bonds is 7. The maximum absolute atomic E-state index is 5.74. The van der Waals surface area contributed by atoms with Crippen LogP contribution in [-0.4, -0.2) is 37.7 Å². The lowest BCUT2D eigenvalue weighted by Crippen LogP contribution is -2.34. The molecule has 21 heavy (non-hydrogen) atoms. The number of benzene rings is 1. The van der Waals surface area contributed by atoms with E-state index in [1.165, 1.54) is 16.5 Å². The average Bonchev–Trinajstić information content (AvgIpc) is 2.87. The number of nitrogens with two attached hydrogens (primary N) is 1. The van der Waals surface area contributed by atoms with Crippen molar-refractivity contribution >= 4 is 40.8 Å². The SMILES string of the molecule is COCCNC(N)=NCCCc1c[nH]c2ccccc12.I. The monoisotopic (exact) mass is 402 g/mol. The van der Waals surface area contributed by atoms with Crippen LogP contribution in [-0.2, 0) is 11.2 Å². The van der Waals surface area contributed by atoms with E-state index in [-0.39, 0.29) is 24.0 Å². The van der Waals surface area contributed by atoms with E-state index in [4.69, 9.17) is 10.5 Å². The zero-order valence-corrected chi connectivity index (χ0v) is 14.6. The van der Waals surface area contributed by atoms with Crippen LogP contribution in [0.25, 0.3) is 10.9 Å². The molecule has 0 aliphatic rings. The van der Waals surface area contributed by atoms with Gasteiger partial charge in [-0.2, -0.15) is 0 Å². The molecule has 0 bridgehead atoms. The molecule has 4 N–H and O–H groups in total. The van der Waals surface area contributed by atoms with Gasteiger partial charge >= 0.3 is 0 Å². The molecule has 6 heteroatoms. The number of hydrogen-bond acceptors (Lipinski definition) is 2. The Morgan fingerprint density at radius 3 is 3.00 bits per heavy atom. The van der Waals surface area contributed by atoms with Crippen molar-refractivity contribution in [1.82, 2.24) is 10.3 Å². The van der Waals surface area contributed by atoms with Crippen LogP contribution in [0.5, 0.6) is 0 Å². The van der Waals surface area contributed by atoms with Crippen molar-refractivity contribution in [2.75, 3.05) is 26.8 Å². The van der Waals surface area contributed by atoms with Crippen molar-refractivity contribution in [3.05, 3.63) is 36.0 Å². The summed E-state index contributed by atoms with van der Waals surface area (Å²) in [5.41, 5.74) is 8.26. The Hall–Kier alpha value is -1.28. The topological polar surface area (TPSA) is 75.4 Å². The minimum atomic E-state index is 0. The van der Waals surface area contributed by atoms with Crippen molar-refractivity contribution in [2.45, 2.75) is 12.8 Å². The second-order valence-electron chi connectivity index (χ2n) is 4.65. The van der Waals surface area contributed by atoms with E-state index in [2.05, 4.69) is 39.7 Å². The third-order valence-corrected chi connectivity index (χ3v) is 3.17. The summed E-state index contributed by atoms with van der Waals surface area (Å²) in [5, 5.41) is 4.30. The summed E-state index contributed by atoms with van der Waals surface area (Å²) >= 11 is 0. The van der Waals surface area contributed by atoms with Gasteiger partial charge in [0.1, 0.15) is 0 Å². The number of aromatic amines is 1. The summed E-state index contributed by atoms with van der Waals surface area (Å²) < 4.78 is 4.93. The third-order valence-electron chi connectivity index (χ3n) is 3.17. The summed E-state index contributed by atoms with van der Waals surface area (Å²) in [7, 11) is 1.66. The normalized spacial score (nSPS) is 11.4. The van der Waals surface area contributed by atoms with Gasteiger partial charge in [-0.3, -0.25) is 4.99 Å². The first-order valence-corrected chi connectivity index (χ1v) is 6.89. The molecule has 1 heterocycles. The third kappa shape index (κ3) is 5.55. The number of aromatic nitrogens is 1.